The number of hydrogen-bond acceptors (Lipinski definition) is 6. The Labute approximate surface area is 233 Å². The Hall–Kier alpha value is -2.85. The zero-order valence-electron chi connectivity index (χ0n) is 25.3. The molecular weight excluding hydrogens is 502 g/mol. The molecule has 5 amide bonds. The number of primary amides is 1. The summed E-state index contributed by atoms with van der Waals surface area (Å²) in [4.78, 5) is 66.0. The Kier molecular flexibility index (Phi) is 13.2. The average Bonchev–Trinajstić information content (AvgIpc) is 3.25. The minimum Gasteiger partial charge on any atom is -0.444 e. The summed E-state index contributed by atoms with van der Waals surface area (Å²) in [6.45, 7) is 17.2. The minimum atomic E-state index is -0.930. The number of nitrogens with two attached hydrogens (primary N) is 1. The van der Waals surface area contributed by atoms with E-state index in [4.69, 9.17) is 10.5 Å². The molecule has 0 spiro atoms. The monoisotopic (exact) mass is 553 g/mol. The van der Waals surface area contributed by atoms with Crippen molar-refractivity contribution in [1.82, 2.24) is 20.9 Å². The van der Waals surface area contributed by atoms with Gasteiger partial charge in [0.05, 0.1) is 0 Å². The van der Waals surface area contributed by atoms with Crippen molar-refractivity contribution in [2.75, 3.05) is 6.54 Å². The van der Waals surface area contributed by atoms with Crippen LogP contribution < -0.4 is 21.7 Å². The molecule has 0 radical (unpaired) electrons. The van der Waals surface area contributed by atoms with Crippen molar-refractivity contribution in [2.45, 2.75) is 124 Å². The molecule has 1 saturated heterocycles. The predicted molar refractivity (Wildman–Crippen MR) is 149 cm³/mol. The zero-order chi connectivity index (χ0) is 30.1. The highest BCUT2D eigenvalue weighted by atomic mass is 16.6. The number of hydrogen-bond donors (Lipinski definition) is 4. The van der Waals surface area contributed by atoms with Gasteiger partial charge in [-0.25, -0.2) is 4.79 Å². The molecule has 0 unspecified atom stereocenters. The van der Waals surface area contributed by atoms with Crippen molar-refractivity contribution in [3.63, 3.8) is 0 Å². The van der Waals surface area contributed by atoms with Gasteiger partial charge in [-0.3, -0.25) is 19.2 Å². The van der Waals surface area contributed by atoms with E-state index < -0.39 is 53.6 Å². The van der Waals surface area contributed by atoms with E-state index in [1.54, 1.807) is 20.8 Å². The predicted octanol–water partition coefficient (Wildman–Crippen LogP) is 2.46. The molecule has 4 atom stereocenters. The Morgan fingerprint density at radius 3 is 1.67 bits per heavy atom. The molecular formula is C28H51N5O6. The smallest absolute Gasteiger partial charge is 0.408 e. The summed E-state index contributed by atoms with van der Waals surface area (Å²) in [5, 5.41) is 8.26. The molecule has 0 aromatic rings. The second-order valence-corrected chi connectivity index (χ2v) is 12.8. The van der Waals surface area contributed by atoms with Crippen LogP contribution in [0.4, 0.5) is 4.79 Å². The van der Waals surface area contributed by atoms with Crippen molar-refractivity contribution >= 4 is 29.7 Å². The van der Waals surface area contributed by atoms with Gasteiger partial charge in [-0.05, 0) is 70.6 Å². The molecule has 0 saturated carbocycles. The first-order valence-electron chi connectivity index (χ1n) is 14.1. The number of nitrogens with zero attached hydrogens (tertiary/aromatic N) is 1. The lowest BCUT2D eigenvalue weighted by atomic mass is 9.98. The molecule has 0 aliphatic carbocycles. The van der Waals surface area contributed by atoms with Crippen molar-refractivity contribution in [2.24, 2.45) is 23.5 Å². The highest BCUT2D eigenvalue weighted by molar-refractivity contribution is 5.95. The summed E-state index contributed by atoms with van der Waals surface area (Å²) in [5.74, 6) is -1.69. The Morgan fingerprint density at radius 2 is 1.23 bits per heavy atom. The van der Waals surface area contributed by atoms with Crippen LogP contribution in [0.5, 0.6) is 0 Å². The van der Waals surface area contributed by atoms with Crippen LogP contribution in [-0.4, -0.2) is 70.9 Å². The normalized spacial score (nSPS) is 18.1. The number of alkyl carbamates (subject to hydrolysis) is 1. The quantitative estimate of drug-likeness (QED) is 0.274. The van der Waals surface area contributed by atoms with Gasteiger partial charge >= 0.3 is 6.09 Å². The van der Waals surface area contributed by atoms with Crippen LogP contribution in [0.2, 0.25) is 0 Å². The fraction of sp³-hybridized carbons (Fsp3) is 0.821. The molecule has 39 heavy (non-hydrogen) atoms. The van der Waals surface area contributed by atoms with Crippen LogP contribution in [-0.2, 0) is 23.9 Å². The zero-order valence-corrected chi connectivity index (χ0v) is 25.3. The van der Waals surface area contributed by atoms with Crippen molar-refractivity contribution in [3.8, 4) is 0 Å². The largest absolute Gasteiger partial charge is 0.444 e. The Bertz CT molecular complexity index is 867. The highest BCUT2D eigenvalue weighted by Crippen LogP contribution is 2.20. The maximum Gasteiger partial charge on any atom is 0.408 e. The lowest BCUT2D eigenvalue weighted by Gasteiger charge is -2.31. The third-order valence-corrected chi connectivity index (χ3v) is 6.24. The maximum atomic E-state index is 13.5. The van der Waals surface area contributed by atoms with Crippen LogP contribution in [0.3, 0.4) is 0 Å². The molecule has 1 fully saturated rings. The molecule has 1 heterocycles. The molecule has 1 aliphatic rings. The molecule has 11 nitrogen and oxygen atoms in total. The maximum absolute atomic E-state index is 13.5. The summed E-state index contributed by atoms with van der Waals surface area (Å²) in [6, 6.07) is -3.39. The van der Waals surface area contributed by atoms with E-state index in [1.165, 1.54) is 4.90 Å². The van der Waals surface area contributed by atoms with Crippen molar-refractivity contribution < 1.29 is 28.7 Å². The number of rotatable bonds is 13. The van der Waals surface area contributed by atoms with E-state index in [1.807, 2.05) is 41.5 Å². The first-order chi connectivity index (χ1) is 17.9. The number of nitrogens with one attached hydrogen (secondary N) is 3. The van der Waals surface area contributed by atoms with E-state index in [-0.39, 0.29) is 23.7 Å². The Morgan fingerprint density at radius 1 is 0.795 bits per heavy atom. The third kappa shape index (κ3) is 12.3. The van der Waals surface area contributed by atoms with Gasteiger partial charge in [0.1, 0.15) is 29.8 Å². The van der Waals surface area contributed by atoms with Crippen molar-refractivity contribution in [1.29, 1.82) is 0 Å². The summed E-state index contributed by atoms with van der Waals surface area (Å²) >= 11 is 0. The number of amides is 5. The van der Waals surface area contributed by atoms with Crippen LogP contribution in [0, 0.1) is 17.8 Å². The van der Waals surface area contributed by atoms with Crippen molar-refractivity contribution in [3.05, 3.63) is 0 Å². The van der Waals surface area contributed by atoms with Gasteiger partial charge in [-0.1, -0.05) is 41.5 Å². The molecule has 1 aliphatic heterocycles. The molecule has 224 valence electrons. The standard InChI is InChI=1S/C28H51N5O6/c1-16(2)13-19(30-25(36)20(14-17(3)4)32-27(38)39-28(7,8)9)24(35)31-21(15-18(5)6)26(37)33-12-10-11-22(33)23(29)34/h16-22H,10-15H2,1-9H3,(H2,29,34)(H,30,36)(H,31,35)(H,32,38)/t19-,20+,21-,22+/m1/s1. The second kappa shape index (κ2) is 15.1. The number of carbonyl (C=O) groups excluding carboxylic acids is 5. The summed E-state index contributed by atoms with van der Waals surface area (Å²) in [5.41, 5.74) is 4.78. The van der Waals surface area contributed by atoms with Gasteiger partial charge in [0.15, 0.2) is 0 Å². The minimum absolute atomic E-state index is 0.0560. The Balaban J connectivity index is 3.11. The topological polar surface area (TPSA) is 160 Å². The van der Waals surface area contributed by atoms with Gasteiger partial charge in [0.25, 0.3) is 0 Å². The lowest BCUT2D eigenvalue weighted by molar-refractivity contribution is -0.141. The highest BCUT2D eigenvalue weighted by Gasteiger charge is 2.38. The fourth-order valence-electron chi connectivity index (χ4n) is 4.62. The molecule has 0 aromatic heterocycles. The summed E-state index contributed by atoms with van der Waals surface area (Å²) < 4.78 is 5.32. The number of likely N-dealkylation sites (tertiary alicyclic amines) is 1. The van der Waals surface area contributed by atoms with Gasteiger partial charge in [-0.15, -0.1) is 0 Å². The average molecular weight is 554 g/mol. The first-order valence-corrected chi connectivity index (χ1v) is 14.1. The van der Waals surface area contributed by atoms with E-state index in [0.717, 1.165) is 0 Å². The molecule has 1 rings (SSSR count). The van der Waals surface area contributed by atoms with Crippen LogP contribution in [0.1, 0.15) is 94.4 Å². The number of carbonyl (C=O) groups is 5. The number of ether oxygens (including phenoxy) is 1. The third-order valence-electron chi connectivity index (χ3n) is 6.24. The van der Waals surface area contributed by atoms with Gasteiger partial charge < -0.3 is 31.3 Å². The van der Waals surface area contributed by atoms with E-state index in [9.17, 15) is 24.0 Å². The van der Waals surface area contributed by atoms with E-state index >= 15 is 0 Å². The van der Waals surface area contributed by atoms with E-state index in [2.05, 4.69) is 16.0 Å². The molecule has 5 N–H and O–H groups in total. The molecule has 0 bridgehead atoms. The summed E-state index contributed by atoms with van der Waals surface area (Å²) in [7, 11) is 0. The van der Waals surface area contributed by atoms with Gasteiger partial charge in [0.2, 0.25) is 23.6 Å². The van der Waals surface area contributed by atoms with E-state index in [0.29, 0.717) is 38.6 Å². The van der Waals surface area contributed by atoms with Crippen LogP contribution in [0.25, 0.3) is 0 Å². The SMILES string of the molecule is CC(C)C[C@H](NC(=O)OC(C)(C)C)C(=O)N[C@H](CC(C)C)C(=O)N[C@H](CC(C)C)C(=O)N1CCC[C@H]1C(N)=O. The van der Waals surface area contributed by atoms with Crippen LogP contribution in [0.15, 0.2) is 0 Å². The van der Waals surface area contributed by atoms with Gasteiger partial charge in [0, 0.05) is 6.54 Å². The van der Waals surface area contributed by atoms with Gasteiger partial charge in [-0.2, -0.15) is 0 Å². The summed E-state index contributed by atoms with van der Waals surface area (Å²) in [6.07, 6.45) is 1.48. The lowest BCUT2D eigenvalue weighted by Crippen LogP contribution is -2.58. The molecule has 0 aromatic carbocycles. The second-order valence-electron chi connectivity index (χ2n) is 12.8. The first kappa shape index (κ1) is 34.2. The fourth-order valence-corrected chi connectivity index (χ4v) is 4.62. The van der Waals surface area contributed by atoms with Crippen LogP contribution >= 0.6 is 0 Å². The molecule has 11 heteroatoms.